The van der Waals surface area contributed by atoms with Gasteiger partial charge in [0.25, 0.3) is 0 Å². The molecule has 37 heavy (non-hydrogen) atoms. The summed E-state index contributed by atoms with van der Waals surface area (Å²) >= 11 is 8.55. The van der Waals surface area contributed by atoms with E-state index in [-0.39, 0.29) is 17.9 Å². The van der Waals surface area contributed by atoms with Gasteiger partial charge in [0.2, 0.25) is 11.8 Å². The molecule has 2 amide bonds. The normalized spacial score (nSPS) is 14.3. The summed E-state index contributed by atoms with van der Waals surface area (Å²) in [5, 5.41) is 3.27. The van der Waals surface area contributed by atoms with E-state index in [4.69, 9.17) is 0 Å². The van der Waals surface area contributed by atoms with Gasteiger partial charge in [0.05, 0.1) is 5.75 Å². The Labute approximate surface area is 240 Å². The molecule has 3 aromatic rings. The van der Waals surface area contributed by atoms with Crippen LogP contribution < -0.4 is 5.32 Å². The van der Waals surface area contributed by atoms with Gasteiger partial charge in [-0.05, 0) is 53.8 Å². The Morgan fingerprint density at radius 1 is 0.838 bits per heavy atom. The summed E-state index contributed by atoms with van der Waals surface area (Å²) in [6.45, 7) is 0.389. The lowest BCUT2D eigenvalue weighted by Crippen LogP contribution is -2.52. The van der Waals surface area contributed by atoms with Crippen LogP contribution in [0.1, 0.15) is 42.4 Å². The van der Waals surface area contributed by atoms with E-state index in [0.29, 0.717) is 18.7 Å². The van der Waals surface area contributed by atoms with Crippen LogP contribution in [0.2, 0.25) is 0 Å². The molecule has 1 N–H and O–H groups in total. The van der Waals surface area contributed by atoms with Gasteiger partial charge < -0.3 is 10.2 Å². The molecular formula is C30H32Br2N2O2S. The van der Waals surface area contributed by atoms with E-state index in [1.807, 2.05) is 66.7 Å². The van der Waals surface area contributed by atoms with Crippen molar-refractivity contribution in [3.05, 3.63) is 104 Å². The summed E-state index contributed by atoms with van der Waals surface area (Å²) in [5.74, 6) is 0.976. The van der Waals surface area contributed by atoms with Crippen LogP contribution >= 0.6 is 43.6 Å². The van der Waals surface area contributed by atoms with Crippen molar-refractivity contribution in [3.8, 4) is 0 Å². The first-order chi connectivity index (χ1) is 18.0. The van der Waals surface area contributed by atoms with Crippen molar-refractivity contribution in [2.75, 3.05) is 5.75 Å². The molecule has 0 saturated heterocycles. The number of nitrogens with zero attached hydrogens (tertiary/aromatic N) is 1. The van der Waals surface area contributed by atoms with Crippen molar-refractivity contribution in [2.24, 2.45) is 0 Å². The largest absolute Gasteiger partial charge is 0.352 e. The number of nitrogens with one attached hydrogen (secondary N) is 1. The first-order valence-corrected chi connectivity index (χ1v) is 15.4. The third-order valence-electron chi connectivity index (χ3n) is 6.65. The molecule has 1 unspecified atom stereocenters. The minimum atomic E-state index is -0.576. The summed E-state index contributed by atoms with van der Waals surface area (Å²) in [5.41, 5.74) is 3.21. The number of halogens is 2. The molecule has 1 fully saturated rings. The van der Waals surface area contributed by atoms with Gasteiger partial charge in [0.15, 0.2) is 0 Å². The van der Waals surface area contributed by atoms with Crippen LogP contribution in [0.3, 0.4) is 0 Å². The molecule has 3 aromatic carbocycles. The molecule has 0 radical (unpaired) electrons. The Balaban J connectivity index is 1.55. The number of thioether (sulfide) groups is 1. The maximum Gasteiger partial charge on any atom is 0.243 e. The minimum absolute atomic E-state index is 0.0208. The molecule has 0 aromatic heterocycles. The Kier molecular flexibility index (Phi) is 10.7. The topological polar surface area (TPSA) is 49.4 Å². The van der Waals surface area contributed by atoms with Crippen molar-refractivity contribution in [1.82, 2.24) is 10.2 Å². The predicted octanol–water partition coefficient (Wildman–Crippen LogP) is 7.14. The second-order valence-electron chi connectivity index (χ2n) is 9.46. The molecule has 1 atom stereocenters. The molecular weight excluding hydrogens is 612 g/mol. The van der Waals surface area contributed by atoms with E-state index >= 15 is 0 Å². The SMILES string of the molecule is O=C(NC1CCCC1)C(Cc1ccccc1)N(Cc1ccc(Br)cc1)C(=O)CSCc1ccc(Br)cc1. The number of amides is 2. The summed E-state index contributed by atoms with van der Waals surface area (Å²) in [7, 11) is 0. The minimum Gasteiger partial charge on any atom is -0.352 e. The van der Waals surface area contributed by atoms with Gasteiger partial charge in [-0.2, -0.15) is 0 Å². The third kappa shape index (κ3) is 8.72. The van der Waals surface area contributed by atoms with Crippen LogP contribution in [0, 0.1) is 0 Å². The highest BCUT2D eigenvalue weighted by molar-refractivity contribution is 9.10. The standard InChI is InChI=1S/C30H32Br2N2O2S/c31-25-14-10-23(11-15-25)19-34(29(35)21-37-20-24-12-16-26(32)17-13-24)28(18-22-6-2-1-3-7-22)30(36)33-27-8-4-5-9-27/h1-3,6-7,10-17,27-28H,4-5,8-9,18-21H2,(H,33,36). The van der Waals surface area contributed by atoms with Crippen LogP contribution in [0.4, 0.5) is 0 Å². The lowest BCUT2D eigenvalue weighted by molar-refractivity contribution is -0.139. The van der Waals surface area contributed by atoms with Gasteiger partial charge >= 0.3 is 0 Å². The zero-order chi connectivity index (χ0) is 26.0. The van der Waals surface area contributed by atoms with E-state index in [9.17, 15) is 9.59 Å². The fraction of sp³-hybridized carbons (Fsp3) is 0.333. The summed E-state index contributed by atoms with van der Waals surface area (Å²) in [6, 6.07) is 25.7. The molecule has 1 saturated carbocycles. The monoisotopic (exact) mass is 642 g/mol. The molecule has 0 spiro atoms. The average molecular weight is 644 g/mol. The lowest BCUT2D eigenvalue weighted by atomic mass is 10.0. The molecule has 1 aliphatic carbocycles. The Morgan fingerprint density at radius 2 is 1.43 bits per heavy atom. The third-order valence-corrected chi connectivity index (χ3v) is 8.69. The molecule has 194 valence electrons. The Hall–Kier alpha value is -2.09. The van der Waals surface area contributed by atoms with Crippen LogP contribution in [0.25, 0.3) is 0 Å². The van der Waals surface area contributed by atoms with Crippen molar-refractivity contribution in [1.29, 1.82) is 0 Å². The van der Waals surface area contributed by atoms with Crippen LogP contribution in [-0.2, 0) is 28.3 Å². The quantitative estimate of drug-likeness (QED) is 0.242. The van der Waals surface area contributed by atoms with Gasteiger partial charge in [-0.3, -0.25) is 9.59 Å². The van der Waals surface area contributed by atoms with Gasteiger partial charge in [0, 0.05) is 33.7 Å². The van der Waals surface area contributed by atoms with E-state index in [1.54, 1.807) is 16.7 Å². The number of hydrogen-bond acceptors (Lipinski definition) is 3. The van der Waals surface area contributed by atoms with Gasteiger partial charge in [-0.15, -0.1) is 11.8 Å². The van der Waals surface area contributed by atoms with Crippen LogP contribution in [0.5, 0.6) is 0 Å². The fourth-order valence-electron chi connectivity index (χ4n) is 4.63. The summed E-state index contributed by atoms with van der Waals surface area (Å²) in [4.78, 5) is 29.2. The second kappa shape index (κ2) is 14.2. The van der Waals surface area contributed by atoms with Crippen molar-refractivity contribution >= 4 is 55.4 Å². The van der Waals surface area contributed by atoms with E-state index in [2.05, 4.69) is 49.3 Å². The zero-order valence-electron chi connectivity index (χ0n) is 20.7. The highest BCUT2D eigenvalue weighted by Gasteiger charge is 2.32. The van der Waals surface area contributed by atoms with E-state index < -0.39 is 6.04 Å². The molecule has 1 aliphatic rings. The smallest absolute Gasteiger partial charge is 0.243 e. The number of carbonyl (C=O) groups is 2. The van der Waals surface area contributed by atoms with Gasteiger partial charge in [0.1, 0.15) is 6.04 Å². The highest BCUT2D eigenvalue weighted by Crippen LogP contribution is 2.22. The van der Waals surface area contributed by atoms with Crippen LogP contribution in [-0.4, -0.2) is 34.6 Å². The number of hydrogen-bond donors (Lipinski definition) is 1. The van der Waals surface area contributed by atoms with Crippen molar-refractivity contribution in [2.45, 2.75) is 56.5 Å². The zero-order valence-corrected chi connectivity index (χ0v) is 24.7. The molecule has 4 nitrogen and oxygen atoms in total. The van der Waals surface area contributed by atoms with E-state index in [1.165, 1.54) is 5.56 Å². The molecule has 0 heterocycles. The summed E-state index contributed by atoms with van der Waals surface area (Å²) < 4.78 is 2.02. The second-order valence-corrected chi connectivity index (χ2v) is 12.3. The maximum absolute atomic E-state index is 13.7. The predicted molar refractivity (Wildman–Crippen MR) is 159 cm³/mol. The molecule has 7 heteroatoms. The molecule has 0 aliphatic heterocycles. The van der Waals surface area contributed by atoms with Gasteiger partial charge in [-0.25, -0.2) is 0 Å². The fourth-order valence-corrected chi connectivity index (χ4v) is 6.03. The van der Waals surface area contributed by atoms with Crippen LogP contribution in [0.15, 0.2) is 87.8 Å². The Morgan fingerprint density at radius 3 is 2.05 bits per heavy atom. The summed E-state index contributed by atoms with van der Waals surface area (Å²) in [6.07, 6.45) is 4.78. The Bertz CT molecular complexity index is 1150. The van der Waals surface area contributed by atoms with E-state index in [0.717, 1.165) is 51.5 Å². The van der Waals surface area contributed by atoms with Crippen molar-refractivity contribution < 1.29 is 9.59 Å². The highest BCUT2D eigenvalue weighted by atomic mass is 79.9. The lowest BCUT2D eigenvalue weighted by Gasteiger charge is -2.32. The first-order valence-electron chi connectivity index (χ1n) is 12.7. The number of benzene rings is 3. The molecule has 0 bridgehead atoms. The number of carbonyl (C=O) groups excluding carboxylic acids is 2. The number of rotatable bonds is 11. The van der Waals surface area contributed by atoms with Gasteiger partial charge in [-0.1, -0.05) is 99.3 Å². The average Bonchev–Trinajstić information content (AvgIpc) is 3.42. The molecule has 4 rings (SSSR count). The first kappa shape index (κ1) is 27.9. The van der Waals surface area contributed by atoms with Crippen molar-refractivity contribution in [3.63, 3.8) is 0 Å². The maximum atomic E-state index is 13.7.